The summed E-state index contributed by atoms with van der Waals surface area (Å²) in [5.41, 5.74) is 2.08. The van der Waals surface area contributed by atoms with E-state index in [1.807, 2.05) is 37.4 Å². The Hall–Kier alpha value is -1.37. The molecule has 1 aromatic rings. The normalized spacial score (nSPS) is 10.3. The number of pyridine rings is 1. The molecule has 1 heterocycles. The fourth-order valence-electron chi connectivity index (χ4n) is 0.850. The average molecular weight is 145 g/mol. The first kappa shape index (κ1) is 7.73. The monoisotopic (exact) mass is 145 g/mol. The highest BCUT2D eigenvalue weighted by Gasteiger charge is 1.90. The SMILES string of the molecule is C=C(/C=C\C)c1cccnc1. The Balaban J connectivity index is 2.86. The smallest absolute Gasteiger partial charge is 0.0346 e. The lowest BCUT2D eigenvalue weighted by molar-refractivity contribution is 1.31. The van der Waals surface area contributed by atoms with Crippen LogP contribution in [0.4, 0.5) is 0 Å². The first-order valence-electron chi connectivity index (χ1n) is 3.56. The third-order valence-electron chi connectivity index (χ3n) is 1.40. The zero-order valence-electron chi connectivity index (χ0n) is 6.62. The number of hydrogen-bond acceptors (Lipinski definition) is 1. The van der Waals surface area contributed by atoms with Gasteiger partial charge in [-0.25, -0.2) is 0 Å². The van der Waals surface area contributed by atoms with Crippen LogP contribution in [0.25, 0.3) is 5.57 Å². The van der Waals surface area contributed by atoms with Crippen molar-refractivity contribution in [3.05, 3.63) is 48.8 Å². The van der Waals surface area contributed by atoms with Gasteiger partial charge in [-0.15, -0.1) is 0 Å². The Morgan fingerprint density at radius 3 is 3.00 bits per heavy atom. The van der Waals surface area contributed by atoms with Gasteiger partial charge in [-0.05, 0) is 24.1 Å². The number of rotatable bonds is 2. The second kappa shape index (κ2) is 3.71. The van der Waals surface area contributed by atoms with Crippen LogP contribution in [0, 0.1) is 0 Å². The van der Waals surface area contributed by atoms with Crippen LogP contribution in [0.3, 0.4) is 0 Å². The molecule has 0 atom stereocenters. The Labute approximate surface area is 67.1 Å². The lowest BCUT2D eigenvalue weighted by Crippen LogP contribution is -1.78. The zero-order valence-corrected chi connectivity index (χ0v) is 6.62. The largest absolute Gasteiger partial charge is 0.264 e. The second-order valence-corrected chi connectivity index (χ2v) is 2.27. The molecule has 0 N–H and O–H groups in total. The van der Waals surface area contributed by atoms with Gasteiger partial charge in [0.25, 0.3) is 0 Å². The number of allylic oxidation sites excluding steroid dienone is 3. The van der Waals surface area contributed by atoms with Crippen molar-refractivity contribution in [1.29, 1.82) is 0 Å². The van der Waals surface area contributed by atoms with E-state index >= 15 is 0 Å². The third kappa shape index (κ3) is 2.04. The predicted octanol–water partition coefficient (Wildman–Crippen LogP) is 2.67. The molecule has 11 heavy (non-hydrogen) atoms. The van der Waals surface area contributed by atoms with Crippen LogP contribution in [0.2, 0.25) is 0 Å². The molecule has 56 valence electrons. The van der Waals surface area contributed by atoms with Crippen molar-refractivity contribution in [2.75, 3.05) is 0 Å². The van der Waals surface area contributed by atoms with Gasteiger partial charge in [0.2, 0.25) is 0 Å². The minimum atomic E-state index is 1.00. The van der Waals surface area contributed by atoms with Gasteiger partial charge >= 0.3 is 0 Å². The minimum absolute atomic E-state index is 1.00. The van der Waals surface area contributed by atoms with Gasteiger partial charge in [0.15, 0.2) is 0 Å². The van der Waals surface area contributed by atoms with Crippen molar-refractivity contribution < 1.29 is 0 Å². The van der Waals surface area contributed by atoms with Crippen LogP contribution in [0.1, 0.15) is 12.5 Å². The Morgan fingerprint density at radius 2 is 2.45 bits per heavy atom. The second-order valence-electron chi connectivity index (χ2n) is 2.27. The molecule has 0 aliphatic carbocycles. The lowest BCUT2D eigenvalue weighted by Gasteiger charge is -1.96. The van der Waals surface area contributed by atoms with E-state index in [-0.39, 0.29) is 0 Å². The number of nitrogens with zero attached hydrogens (tertiary/aromatic N) is 1. The summed E-state index contributed by atoms with van der Waals surface area (Å²) in [6.45, 7) is 5.86. The van der Waals surface area contributed by atoms with E-state index in [2.05, 4.69) is 11.6 Å². The molecule has 0 spiro atoms. The van der Waals surface area contributed by atoms with Crippen molar-refractivity contribution >= 4 is 5.57 Å². The molecule has 0 bridgehead atoms. The molecule has 0 saturated heterocycles. The molecule has 1 rings (SSSR count). The number of hydrogen-bond donors (Lipinski definition) is 0. The molecular weight excluding hydrogens is 134 g/mol. The van der Waals surface area contributed by atoms with Gasteiger partial charge in [0.1, 0.15) is 0 Å². The van der Waals surface area contributed by atoms with Crippen molar-refractivity contribution in [1.82, 2.24) is 4.98 Å². The lowest BCUT2D eigenvalue weighted by atomic mass is 10.1. The van der Waals surface area contributed by atoms with Gasteiger partial charge in [-0.2, -0.15) is 0 Å². The van der Waals surface area contributed by atoms with Gasteiger partial charge in [-0.3, -0.25) is 4.98 Å². The highest BCUT2D eigenvalue weighted by molar-refractivity contribution is 5.70. The van der Waals surface area contributed by atoms with E-state index < -0.39 is 0 Å². The zero-order chi connectivity index (χ0) is 8.10. The summed E-state index contributed by atoms with van der Waals surface area (Å²) < 4.78 is 0. The molecule has 1 nitrogen and oxygen atoms in total. The maximum atomic E-state index is 3.99. The van der Waals surface area contributed by atoms with Gasteiger partial charge in [-0.1, -0.05) is 24.8 Å². The van der Waals surface area contributed by atoms with E-state index in [4.69, 9.17) is 0 Å². The maximum Gasteiger partial charge on any atom is 0.0346 e. The van der Waals surface area contributed by atoms with Gasteiger partial charge in [0.05, 0.1) is 0 Å². The van der Waals surface area contributed by atoms with Crippen LogP contribution in [-0.2, 0) is 0 Å². The summed E-state index contributed by atoms with van der Waals surface area (Å²) in [5.74, 6) is 0. The maximum absolute atomic E-state index is 3.99. The highest BCUT2D eigenvalue weighted by atomic mass is 14.6. The summed E-state index contributed by atoms with van der Waals surface area (Å²) in [5, 5.41) is 0. The molecule has 0 fully saturated rings. The molecule has 0 aromatic carbocycles. The molecular formula is C10H11N. The van der Waals surface area contributed by atoms with Crippen LogP contribution >= 0.6 is 0 Å². The van der Waals surface area contributed by atoms with Gasteiger partial charge in [0, 0.05) is 12.4 Å². The Bertz CT molecular complexity index is 259. The summed E-state index contributed by atoms with van der Waals surface area (Å²) in [7, 11) is 0. The van der Waals surface area contributed by atoms with E-state index in [1.54, 1.807) is 6.20 Å². The van der Waals surface area contributed by atoms with E-state index in [0.717, 1.165) is 11.1 Å². The Kier molecular flexibility index (Phi) is 2.61. The Morgan fingerprint density at radius 1 is 1.64 bits per heavy atom. The molecule has 0 unspecified atom stereocenters. The fraction of sp³-hybridized carbons (Fsp3) is 0.100. The van der Waals surface area contributed by atoms with Crippen LogP contribution in [-0.4, -0.2) is 4.98 Å². The van der Waals surface area contributed by atoms with E-state index in [0.29, 0.717) is 0 Å². The van der Waals surface area contributed by atoms with E-state index in [9.17, 15) is 0 Å². The minimum Gasteiger partial charge on any atom is -0.264 e. The number of aromatic nitrogens is 1. The van der Waals surface area contributed by atoms with E-state index in [1.165, 1.54) is 0 Å². The summed E-state index contributed by atoms with van der Waals surface area (Å²) in [6.07, 6.45) is 7.50. The molecule has 1 heteroatoms. The molecule has 0 amide bonds. The third-order valence-corrected chi connectivity index (χ3v) is 1.40. The van der Waals surface area contributed by atoms with Crippen molar-refractivity contribution in [3.8, 4) is 0 Å². The average Bonchev–Trinajstić information content (AvgIpc) is 2.07. The molecule has 0 aliphatic rings. The van der Waals surface area contributed by atoms with Crippen LogP contribution < -0.4 is 0 Å². The molecule has 0 saturated carbocycles. The first-order chi connectivity index (χ1) is 5.34. The van der Waals surface area contributed by atoms with Crippen molar-refractivity contribution in [3.63, 3.8) is 0 Å². The molecule has 0 radical (unpaired) electrons. The summed E-state index contributed by atoms with van der Waals surface area (Å²) in [6, 6.07) is 3.90. The topological polar surface area (TPSA) is 12.9 Å². The van der Waals surface area contributed by atoms with Crippen LogP contribution in [0.15, 0.2) is 43.3 Å². The molecule has 0 aliphatic heterocycles. The van der Waals surface area contributed by atoms with Crippen molar-refractivity contribution in [2.24, 2.45) is 0 Å². The van der Waals surface area contributed by atoms with Gasteiger partial charge < -0.3 is 0 Å². The first-order valence-corrected chi connectivity index (χ1v) is 3.56. The standard InChI is InChI=1S/C10H11N/c1-3-5-9(2)10-6-4-7-11-8-10/h3-8H,2H2,1H3/b5-3-. The molecule has 1 aromatic heterocycles. The quantitative estimate of drug-likeness (QED) is 0.583. The fourth-order valence-corrected chi connectivity index (χ4v) is 0.850. The van der Waals surface area contributed by atoms with Crippen LogP contribution in [0.5, 0.6) is 0 Å². The van der Waals surface area contributed by atoms with Crippen molar-refractivity contribution in [2.45, 2.75) is 6.92 Å². The summed E-state index contributed by atoms with van der Waals surface area (Å²) in [4.78, 5) is 3.99. The summed E-state index contributed by atoms with van der Waals surface area (Å²) >= 11 is 0. The predicted molar refractivity (Wildman–Crippen MR) is 48.1 cm³/mol. The highest BCUT2D eigenvalue weighted by Crippen LogP contribution is 2.10.